The number of anilines is 1. The highest BCUT2D eigenvalue weighted by Crippen LogP contribution is 2.17. The quantitative estimate of drug-likeness (QED) is 0.645. The van der Waals surface area contributed by atoms with Gasteiger partial charge < -0.3 is 15.0 Å². The summed E-state index contributed by atoms with van der Waals surface area (Å²) in [7, 11) is 0. The molecule has 5 nitrogen and oxygen atoms in total. The number of hydrogen-bond donors (Lipinski definition) is 2. The fourth-order valence-corrected chi connectivity index (χ4v) is 3.48. The molecule has 1 amide bonds. The molecule has 0 radical (unpaired) electrons. The number of nitrogens with one attached hydrogen (secondary N) is 2. The molecule has 0 bridgehead atoms. The number of hydrogen-bond acceptors (Lipinski definition) is 4. The van der Waals surface area contributed by atoms with Crippen LogP contribution in [0, 0.1) is 6.92 Å². The van der Waals surface area contributed by atoms with E-state index >= 15 is 0 Å². The smallest absolute Gasteiger partial charge is 0.234 e. The van der Waals surface area contributed by atoms with Crippen LogP contribution in [0.25, 0.3) is 10.9 Å². The van der Waals surface area contributed by atoms with E-state index in [1.165, 1.54) is 11.8 Å². The van der Waals surface area contributed by atoms with Crippen LogP contribution in [0.5, 0.6) is 5.75 Å². The average molecular weight is 382 g/mol. The van der Waals surface area contributed by atoms with Gasteiger partial charge in [0.1, 0.15) is 5.75 Å². The number of aromatic nitrogens is 1. The Hall–Kier alpha value is -2.73. The first-order valence-corrected chi connectivity index (χ1v) is 9.93. The summed E-state index contributed by atoms with van der Waals surface area (Å²) in [5, 5.41) is 3.55. The summed E-state index contributed by atoms with van der Waals surface area (Å²) < 4.78 is 5.38. The molecule has 0 saturated carbocycles. The second-order valence-corrected chi connectivity index (χ2v) is 7.19. The van der Waals surface area contributed by atoms with Gasteiger partial charge in [-0.3, -0.25) is 9.59 Å². The normalized spacial score (nSPS) is 10.7. The summed E-state index contributed by atoms with van der Waals surface area (Å²) in [6.07, 6.45) is 0. The first kappa shape index (κ1) is 19.0. The Balaban J connectivity index is 1.54. The molecule has 3 rings (SSSR count). The number of carbonyl (C=O) groups is 1. The number of rotatable bonds is 7. The summed E-state index contributed by atoms with van der Waals surface area (Å²) >= 11 is 1.46. The molecule has 0 fully saturated rings. The third kappa shape index (κ3) is 5.14. The maximum Gasteiger partial charge on any atom is 0.234 e. The van der Waals surface area contributed by atoms with Crippen molar-refractivity contribution < 1.29 is 9.53 Å². The molecular formula is C21H22N2O3S. The number of fused-ring (bicyclic) bond motifs is 1. The summed E-state index contributed by atoms with van der Waals surface area (Å²) in [5.74, 6) is 1.57. The maximum absolute atomic E-state index is 12.2. The van der Waals surface area contributed by atoms with E-state index in [2.05, 4.69) is 10.3 Å². The first-order valence-electron chi connectivity index (χ1n) is 8.78. The van der Waals surface area contributed by atoms with Crippen LogP contribution in [-0.2, 0) is 10.5 Å². The van der Waals surface area contributed by atoms with Gasteiger partial charge in [-0.15, -0.1) is 11.8 Å². The average Bonchev–Trinajstić information content (AvgIpc) is 2.64. The highest BCUT2D eigenvalue weighted by atomic mass is 32.2. The Morgan fingerprint density at radius 1 is 1.15 bits per heavy atom. The van der Waals surface area contributed by atoms with Crippen LogP contribution in [-0.4, -0.2) is 23.3 Å². The van der Waals surface area contributed by atoms with Gasteiger partial charge in [-0.25, -0.2) is 0 Å². The first-order chi connectivity index (χ1) is 13.0. The molecule has 2 N–H and O–H groups in total. The van der Waals surface area contributed by atoms with Crippen LogP contribution in [0.3, 0.4) is 0 Å². The number of H-pyrrole nitrogens is 1. The topological polar surface area (TPSA) is 71.2 Å². The van der Waals surface area contributed by atoms with E-state index in [0.717, 1.165) is 28.2 Å². The fraction of sp³-hybridized carbons (Fsp3) is 0.238. The van der Waals surface area contributed by atoms with E-state index < -0.39 is 0 Å². The lowest BCUT2D eigenvalue weighted by Crippen LogP contribution is -2.14. The molecule has 3 aromatic rings. The number of aromatic amines is 1. The van der Waals surface area contributed by atoms with Crippen molar-refractivity contribution in [2.45, 2.75) is 19.6 Å². The zero-order valence-corrected chi connectivity index (χ0v) is 16.2. The van der Waals surface area contributed by atoms with Crippen molar-refractivity contribution in [2.24, 2.45) is 0 Å². The second-order valence-electron chi connectivity index (χ2n) is 6.21. The van der Waals surface area contributed by atoms with Gasteiger partial charge in [0, 0.05) is 34.1 Å². The van der Waals surface area contributed by atoms with Crippen molar-refractivity contribution in [2.75, 3.05) is 17.7 Å². The minimum absolute atomic E-state index is 0.00175. The zero-order valence-electron chi connectivity index (χ0n) is 15.4. The minimum Gasteiger partial charge on any atom is -0.494 e. The Bertz CT molecular complexity index is 996. The number of ether oxygens (including phenoxy) is 1. The molecule has 1 aromatic heterocycles. The van der Waals surface area contributed by atoms with Crippen LogP contribution < -0.4 is 15.5 Å². The highest BCUT2D eigenvalue weighted by Gasteiger charge is 2.06. The molecule has 0 unspecified atom stereocenters. The predicted molar refractivity (Wildman–Crippen MR) is 112 cm³/mol. The van der Waals surface area contributed by atoms with Gasteiger partial charge in [0.25, 0.3) is 0 Å². The largest absolute Gasteiger partial charge is 0.494 e. The zero-order chi connectivity index (χ0) is 19.2. The summed E-state index contributed by atoms with van der Waals surface area (Å²) in [5.41, 5.74) is 3.43. The van der Waals surface area contributed by atoms with E-state index in [0.29, 0.717) is 23.5 Å². The SMILES string of the molecule is CCOc1ccc(NC(=O)CSCc2cc(=O)c3cc(C)ccc3[nH]2)cc1. The van der Waals surface area contributed by atoms with E-state index in [1.54, 1.807) is 6.07 Å². The van der Waals surface area contributed by atoms with E-state index in [-0.39, 0.29) is 11.3 Å². The number of carbonyl (C=O) groups excluding carboxylic acids is 1. The highest BCUT2D eigenvalue weighted by molar-refractivity contribution is 7.99. The standard InChI is InChI=1S/C21H22N2O3S/c1-3-26-17-7-5-15(6-8-17)23-21(25)13-27-12-16-11-20(24)18-10-14(2)4-9-19(18)22-16/h4-11H,3,12-13H2,1-2H3,(H,22,24)(H,23,25). The second kappa shape index (κ2) is 8.77. The van der Waals surface area contributed by atoms with Crippen molar-refractivity contribution in [3.63, 3.8) is 0 Å². The molecule has 1 heterocycles. The summed E-state index contributed by atoms with van der Waals surface area (Å²) in [4.78, 5) is 27.6. The number of thioether (sulfide) groups is 1. The van der Waals surface area contributed by atoms with E-state index in [1.807, 2.05) is 56.3 Å². The van der Waals surface area contributed by atoms with Crippen LogP contribution in [0.4, 0.5) is 5.69 Å². The molecule has 0 saturated heterocycles. The Morgan fingerprint density at radius 3 is 2.67 bits per heavy atom. The molecule has 0 spiro atoms. The van der Waals surface area contributed by atoms with Crippen molar-refractivity contribution >= 4 is 34.3 Å². The minimum atomic E-state index is -0.0806. The molecule has 0 aliphatic rings. The van der Waals surface area contributed by atoms with Crippen LogP contribution in [0.1, 0.15) is 18.2 Å². The van der Waals surface area contributed by atoms with Crippen molar-refractivity contribution in [1.82, 2.24) is 4.98 Å². The molecule has 140 valence electrons. The maximum atomic E-state index is 12.2. The predicted octanol–water partition coefficient (Wildman–Crippen LogP) is 4.11. The van der Waals surface area contributed by atoms with Gasteiger partial charge in [0.05, 0.1) is 12.4 Å². The van der Waals surface area contributed by atoms with Crippen molar-refractivity contribution in [3.05, 3.63) is 70.0 Å². The number of amides is 1. The fourth-order valence-electron chi connectivity index (χ4n) is 2.75. The molecule has 6 heteroatoms. The molecule has 0 aliphatic heterocycles. The van der Waals surface area contributed by atoms with Gasteiger partial charge in [-0.1, -0.05) is 11.6 Å². The van der Waals surface area contributed by atoms with E-state index in [4.69, 9.17) is 4.74 Å². The lowest BCUT2D eigenvalue weighted by atomic mass is 10.1. The number of benzene rings is 2. The van der Waals surface area contributed by atoms with Crippen LogP contribution in [0.2, 0.25) is 0 Å². The lowest BCUT2D eigenvalue weighted by molar-refractivity contribution is -0.113. The van der Waals surface area contributed by atoms with E-state index in [9.17, 15) is 9.59 Å². The van der Waals surface area contributed by atoms with Crippen LogP contribution >= 0.6 is 11.8 Å². The molecule has 0 atom stereocenters. The summed E-state index contributed by atoms with van der Waals surface area (Å²) in [6, 6.07) is 14.7. The number of aryl methyl sites for hydroxylation is 1. The molecule has 2 aromatic carbocycles. The lowest BCUT2D eigenvalue weighted by Gasteiger charge is -2.08. The monoisotopic (exact) mass is 382 g/mol. The molecule has 27 heavy (non-hydrogen) atoms. The summed E-state index contributed by atoms with van der Waals surface area (Å²) in [6.45, 7) is 4.50. The Morgan fingerprint density at radius 2 is 1.93 bits per heavy atom. The van der Waals surface area contributed by atoms with Crippen molar-refractivity contribution in [1.29, 1.82) is 0 Å². The van der Waals surface area contributed by atoms with Gasteiger partial charge >= 0.3 is 0 Å². The van der Waals surface area contributed by atoms with Gasteiger partial charge in [-0.2, -0.15) is 0 Å². The molecule has 0 aliphatic carbocycles. The Labute approximate surface area is 162 Å². The molecular weight excluding hydrogens is 360 g/mol. The van der Waals surface area contributed by atoms with Crippen molar-refractivity contribution in [3.8, 4) is 5.75 Å². The van der Waals surface area contributed by atoms with Gasteiger partial charge in [0.2, 0.25) is 5.91 Å². The Kier molecular flexibility index (Phi) is 6.19. The number of pyridine rings is 1. The van der Waals surface area contributed by atoms with Gasteiger partial charge in [-0.05, 0) is 50.2 Å². The third-order valence-electron chi connectivity index (χ3n) is 3.98. The van der Waals surface area contributed by atoms with Gasteiger partial charge in [0.15, 0.2) is 5.43 Å². The van der Waals surface area contributed by atoms with Crippen LogP contribution in [0.15, 0.2) is 53.3 Å². The third-order valence-corrected chi connectivity index (χ3v) is 4.96.